The zero-order valence-corrected chi connectivity index (χ0v) is 10.4. The van der Waals surface area contributed by atoms with Crippen LogP contribution in [-0.4, -0.2) is 15.3 Å². The molecule has 0 unspecified atom stereocenters. The van der Waals surface area contributed by atoms with Crippen LogP contribution in [0.2, 0.25) is 0 Å². The van der Waals surface area contributed by atoms with Gasteiger partial charge in [-0.1, -0.05) is 15.9 Å². The van der Waals surface area contributed by atoms with Crippen LogP contribution in [0, 0.1) is 0 Å². The number of fused-ring (bicyclic) bond motifs is 1. The van der Waals surface area contributed by atoms with Crippen molar-refractivity contribution in [1.82, 2.24) is 10.2 Å². The van der Waals surface area contributed by atoms with Gasteiger partial charge in [0.1, 0.15) is 5.75 Å². The maximum absolute atomic E-state index is 9.27. The lowest BCUT2D eigenvalue weighted by molar-refractivity contribution is 0.475. The molecule has 17 heavy (non-hydrogen) atoms. The molecule has 0 fully saturated rings. The number of hydrogen-bond acceptors (Lipinski definition) is 2. The van der Waals surface area contributed by atoms with E-state index < -0.39 is 0 Å². The molecular formula is C13H9BrN2O. The fraction of sp³-hybridized carbons (Fsp3) is 0. The number of phenolic OH excluding ortho intramolecular Hbond substituents is 1. The average Bonchev–Trinajstić information content (AvgIpc) is 2.73. The second-order valence-electron chi connectivity index (χ2n) is 3.81. The number of aromatic nitrogens is 2. The van der Waals surface area contributed by atoms with Gasteiger partial charge in [0.2, 0.25) is 0 Å². The minimum Gasteiger partial charge on any atom is -0.508 e. The van der Waals surface area contributed by atoms with Crippen molar-refractivity contribution in [2.45, 2.75) is 0 Å². The molecule has 0 amide bonds. The predicted octanol–water partition coefficient (Wildman–Crippen LogP) is 3.70. The first-order valence-corrected chi connectivity index (χ1v) is 5.96. The van der Waals surface area contributed by atoms with Gasteiger partial charge in [-0.2, -0.15) is 5.10 Å². The molecule has 0 atom stereocenters. The number of rotatable bonds is 1. The van der Waals surface area contributed by atoms with Crippen LogP contribution < -0.4 is 0 Å². The molecule has 1 heterocycles. The van der Waals surface area contributed by atoms with Gasteiger partial charge < -0.3 is 5.11 Å². The molecule has 0 bridgehead atoms. The van der Waals surface area contributed by atoms with Crippen molar-refractivity contribution in [2.75, 3.05) is 0 Å². The third-order valence-electron chi connectivity index (χ3n) is 2.67. The summed E-state index contributed by atoms with van der Waals surface area (Å²) < 4.78 is 1.02. The first-order chi connectivity index (χ1) is 8.24. The van der Waals surface area contributed by atoms with E-state index in [1.807, 2.05) is 30.3 Å². The van der Waals surface area contributed by atoms with Gasteiger partial charge in [-0.15, -0.1) is 0 Å². The smallest absolute Gasteiger partial charge is 0.115 e. The summed E-state index contributed by atoms with van der Waals surface area (Å²) in [5.74, 6) is 0.260. The van der Waals surface area contributed by atoms with E-state index in [0.717, 1.165) is 26.6 Å². The molecule has 84 valence electrons. The molecule has 0 saturated carbocycles. The summed E-state index contributed by atoms with van der Waals surface area (Å²) >= 11 is 3.43. The third kappa shape index (κ3) is 1.80. The van der Waals surface area contributed by atoms with Crippen molar-refractivity contribution in [3.8, 4) is 17.0 Å². The molecular weight excluding hydrogens is 280 g/mol. The number of nitrogens with one attached hydrogen (secondary N) is 1. The van der Waals surface area contributed by atoms with E-state index >= 15 is 0 Å². The van der Waals surface area contributed by atoms with Crippen LogP contribution in [0.4, 0.5) is 0 Å². The van der Waals surface area contributed by atoms with Gasteiger partial charge in [0.15, 0.2) is 0 Å². The molecule has 0 radical (unpaired) electrons. The van der Waals surface area contributed by atoms with Gasteiger partial charge in [0.05, 0.1) is 11.2 Å². The number of aromatic amines is 1. The molecule has 2 aromatic carbocycles. The van der Waals surface area contributed by atoms with Crippen molar-refractivity contribution in [3.63, 3.8) is 0 Å². The highest BCUT2D eigenvalue weighted by Crippen LogP contribution is 2.28. The number of phenols is 1. The van der Waals surface area contributed by atoms with E-state index in [2.05, 4.69) is 26.1 Å². The lowest BCUT2D eigenvalue weighted by Gasteiger charge is -1.98. The van der Waals surface area contributed by atoms with Crippen LogP contribution in [0.1, 0.15) is 0 Å². The summed E-state index contributed by atoms with van der Waals surface area (Å²) in [6, 6.07) is 13.0. The van der Waals surface area contributed by atoms with Crippen LogP contribution >= 0.6 is 15.9 Å². The Hall–Kier alpha value is -1.81. The molecule has 0 aliphatic heterocycles. The summed E-state index contributed by atoms with van der Waals surface area (Å²) in [6.45, 7) is 0. The summed E-state index contributed by atoms with van der Waals surface area (Å²) in [4.78, 5) is 0. The van der Waals surface area contributed by atoms with Crippen molar-refractivity contribution < 1.29 is 5.11 Å². The minimum atomic E-state index is 0.260. The molecule has 2 N–H and O–H groups in total. The standard InChI is InChI=1S/C13H9BrN2O/c14-9-3-6-11-12(7-9)15-16-13(11)8-1-4-10(17)5-2-8/h1-7,17H,(H,15,16). The number of halogens is 1. The minimum absolute atomic E-state index is 0.260. The lowest BCUT2D eigenvalue weighted by atomic mass is 10.1. The van der Waals surface area contributed by atoms with E-state index in [1.165, 1.54) is 0 Å². The van der Waals surface area contributed by atoms with E-state index in [-0.39, 0.29) is 5.75 Å². The van der Waals surface area contributed by atoms with E-state index in [1.54, 1.807) is 12.1 Å². The molecule has 1 aromatic heterocycles. The number of benzene rings is 2. The largest absolute Gasteiger partial charge is 0.508 e. The molecule has 0 spiro atoms. The van der Waals surface area contributed by atoms with Crippen LogP contribution in [0.3, 0.4) is 0 Å². The van der Waals surface area contributed by atoms with E-state index in [4.69, 9.17) is 0 Å². The molecule has 3 rings (SSSR count). The Morgan fingerprint density at radius 3 is 2.59 bits per heavy atom. The Bertz CT molecular complexity index is 673. The Morgan fingerprint density at radius 2 is 1.82 bits per heavy atom. The number of H-pyrrole nitrogens is 1. The van der Waals surface area contributed by atoms with Gasteiger partial charge in [-0.3, -0.25) is 5.10 Å². The van der Waals surface area contributed by atoms with Crippen LogP contribution in [0.25, 0.3) is 22.2 Å². The molecule has 0 saturated heterocycles. The second kappa shape index (κ2) is 3.89. The summed E-state index contributed by atoms with van der Waals surface area (Å²) in [5.41, 5.74) is 2.87. The SMILES string of the molecule is Oc1ccc(-c2n[nH]c3cc(Br)ccc23)cc1. The predicted molar refractivity (Wildman–Crippen MR) is 70.9 cm³/mol. The first-order valence-electron chi connectivity index (χ1n) is 5.17. The average molecular weight is 289 g/mol. The highest BCUT2D eigenvalue weighted by atomic mass is 79.9. The molecule has 3 aromatic rings. The Kier molecular flexibility index (Phi) is 2.37. The first kappa shape index (κ1) is 10.4. The normalized spacial score (nSPS) is 10.9. The van der Waals surface area contributed by atoms with Crippen molar-refractivity contribution in [3.05, 3.63) is 46.9 Å². The Morgan fingerprint density at radius 1 is 1.06 bits per heavy atom. The lowest BCUT2D eigenvalue weighted by Crippen LogP contribution is -1.77. The van der Waals surface area contributed by atoms with Crippen molar-refractivity contribution >= 4 is 26.8 Å². The van der Waals surface area contributed by atoms with E-state index in [0.29, 0.717) is 0 Å². The second-order valence-corrected chi connectivity index (χ2v) is 4.72. The monoisotopic (exact) mass is 288 g/mol. The summed E-state index contributed by atoms with van der Waals surface area (Å²) in [6.07, 6.45) is 0. The third-order valence-corrected chi connectivity index (χ3v) is 3.16. The highest BCUT2D eigenvalue weighted by Gasteiger charge is 2.07. The topological polar surface area (TPSA) is 48.9 Å². The van der Waals surface area contributed by atoms with Gasteiger partial charge in [-0.05, 0) is 42.5 Å². The maximum atomic E-state index is 9.27. The van der Waals surface area contributed by atoms with E-state index in [9.17, 15) is 5.11 Å². The fourth-order valence-electron chi connectivity index (χ4n) is 1.83. The summed E-state index contributed by atoms with van der Waals surface area (Å²) in [5, 5.41) is 17.6. The Labute approximate surface area is 106 Å². The number of aromatic hydroxyl groups is 1. The molecule has 0 aliphatic rings. The molecule has 4 heteroatoms. The Balaban J connectivity index is 2.21. The van der Waals surface area contributed by atoms with Crippen LogP contribution in [-0.2, 0) is 0 Å². The molecule has 0 aliphatic carbocycles. The van der Waals surface area contributed by atoms with Crippen molar-refractivity contribution in [2.24, 2.45) is 0 Å². The van der Waals surface area contributed by atoms with Gasteiger partial charge >= 0.3 is 0 Å². The number of hydrogen-bond donors (Lipinski definition) is 2. The maximum Gasteiger partial charge on any atom is 0.115 e. The van der Waals surface area contributed by atoms with Crippen molar-refractivity contribution in [1.29, 1.82) is 0 Å². The zero-order chi connectivity index (χ0) is 11.8. The quantitative estimate of drug-likeness (QED) is 0.717. The zero-order valence-electron chi connectivity index (χ0n) is 8.81. The van der Waals surface area contributed by atoms with Gasteiger partial charge in [-0.25, -0.2) is 0 Å². The van der Waals surface area contributed by atoms with Crippen LogP contribution in [0.5, 0.6) is 5.75 Å². The highest BCUT2D eigenvalue weighted by molar-refractivity contribution is 9.10. The van der Waals surface area contributed by atoms with Crippen LogP contribution in [0.15, 0.2) is 46.9 Å². The summed E-state index contributed by atoms with van der Waals surface area (Å²) in [7, 11) is 0. The fourth-order valence-corrected chi connectivity index (χ4v) is 2.19. The number of nitrogens with zero attached hydrogens (tertiary/aromatic N) is 1. The van der Waals surface area contributed by atoms with Gasteiger partial charge in [0.25, 0.3) is 0 Å². The molecule has 3 nitrogen and oxygen atoms in total. The van der Waals surface area contributed by atoms with Gasteiger partial charge in [0, 0.05) is 15.4 Å².